The molecule has 0 spiro atoms. The molecule has 2 aliphatic rings. The Kier molecular flexibility index (Phi) is 5.76. The summed E-state index contributed by atoms with van der Waals surface area (Å²) in [7, 11) is 1.84. The minimum atomic E-state index is 0.109. The summed E-state index contributed by atoms with van der Waals surface area (Å²) >= 11 is 0. The van der Waals surface area contributed by atoms with E-state index in [1.807, 2.05) is 37.4 Å². The van der Waals surface area contributed by atoms with Gasteiger partial charge in [0.15, 0.2) is 11.5 Å². The number of fused-ring (bicyclic) bond motifs is 1. The first kappa shape index (κ1) is 19.4. The number of carbonyl (C=O) groups is 1. The highest BCUT2D eigenvalue weighted by atomic mass is 16.6. The second-order valence-corrected chi connectivity index (χ2v) is 7.51. The van der Waals surface area contributed by atoms with Crippen molar-refractivity contribution in [3.8, 4) is 17.2 Å². The Bertz CT molecular complexity index is 848. The molecule has 0 bridgehead atoms. The van der Waals surface area contributed by atoms with Gasteiger partial charge in [-0.15, -0.1) is 0 Å². The minimum Gasteiger partial charge on any atom is -0.508 e. The van der Waals surface area contributed by atoms with Crippen molar-refractivity contribution < 1.29 is 19.4 Å². The Balaban J connectivity index is 1.26. The van der Waals surface area contributed by atoms with Gasteiger partial charge in [-0.3, -0.25) is 9.69 Å². The van der Waals surface area contributed by atoms with Crippen molar-refractivity contribution in [3.63, 3.8) is 0 Å². The van der Waals surface area contributed by atoms with E-state index in [-0.39, 0.29) is 11.7 Å². The lowest BCUT2D eigenvalue weighted by atomic mass is 10.2. The number of piperazine rings is 1. The van der Waals surface area contributed by atoms with Gasteiger partial charge in [-0.25, -0.2) is 0 Å². The van der Waals surface area contributed by atoms with E-state index >= 15 is 0 Å². The molecular weight excluding hydrogens is 370 g/mol. The van der Waals surface area contributed by atoms with E-state index in [0.29, 0.717) is 26.3 Å². The number of anilines is 1. The summed E-state index contributed by atoms with van der Waals surface area (Å²) in [5, 5.41) is 9.43. The van der Waals surface area contributed by atoms with Gasteiger partial charge in [-0.1, -0.05) is 6.07 Å². The van der Waals surface area contributed by atoms with Crippen LogP contribution in [0.3, 0.4) is 0 Å². The lowest BCUT2D eigenvalue weighted by molar-refractivity contribution is -0.131. The summed E-state index contributed by atoms with van der Waals surface area (Å²) in [5.41, 5.74) is 2.13. The van der Waals surface area contributed by atoms with Crippen molar-refractivity contribution in [2.24, 2.45) is 0 Å². The Morgan fingerprint density at radius 1 is 1.00 bits per heavy atom. The maximum absolute atomic E-state index is 12.7. The monoisotopic (exact) mass is 397 g/mol. The second-order valence-electron chi connectivity index (χ2n) is 7.51. The highest BCUT2D eigenvalue weighted by molar-refractivity contribution is 5.78. The number of rotatable bonds is 5. The summed E-state index contributed by atoms with van der Waals surface area (Å²) in [6, 6.07) is 13.1. The van der Waals surface area contributed by atoms with E-state index in [0.717, 1.165) is 48.9 Å². The van der Waals surface area contributed by atoms with Crippen LogP contribution in [0.4, 0.5) is 5.69 Å². The lowest BCUT2D eigenvalue weighted by Gasteiger charge is -2.36. The average molecular weight is 397 g/mol. The molecule has 1 N–H and O–H groups in total. The fraction of sp³-hybridized carbons (Fsp3) is 0.409. The molecule has 0 aromatic heterocycles. The molecule has 0 radical (unpaired) electrons. The third-order valence-corrected chi connectivity index (χ3v) is 5.40. The van der Waals surface area contributed by atoms with E-state index in [4.69, 9.17) is 9.47 Å². The minimum absolute atomic E-state index is 0.109. The maximum Gasteiger partial charge on any atom is 0.236 e. The molecular formula is C22H27N3O4. The third kappa shape index (κ3) is 4.74. The number of aromatic hydroxyl groups is 1. The highest BCUT2D eigenvalue weighted by Crippen LogP contribution is 2.31. The number of phenols is 1. The molecule has 1 amide bonds. The van der Waals surface area contributed by atoms with Crippen molar-refractivity contribution in [1.29, 1.82) is 0 Å². The van der Waals surface area contributed by atoms with Gasteiger partial charge < -0.3 is 24.4 Å². The molecule has 4 rings (SSSR count). The molecule has 29 heavy (non-hydrogen) atoms. The van der Waals surface area contributed by atoms with Gasteiger partial charge >= 0.3 is 0 Å². The van der Waals surface area contributed by atoms with E-state index in [1.165, 1.54) is 0 Å². The van der Waals surface area contributed by atoms with E-state index in [2.05, 4.69) is 9.80 Å². The van der Waals surface area contributed by atoms with Gasteiger partial charge in [0.05, 0.1) is 6.54 Å². The zero-order chi connectivity index (χ0) is 20.2. The van der Waals surface area contributed by atoms with E-state index in [9.17, 15) is 9.90 Å². The van der Waals surface area contributed by atoms with Crippen molar-refractivity contribution in [2.45, 2.75) is 6.54 Å². The first-order chi connectivity index (χ1) is 14.1. The Labute approximate surface area is 171 Å². The smallest absolute Gasteiger partial charge is 0.236 e. The van der Waals surface area contributed by atoms with Crippen LogP contribution in [-0.2, 0) is 11.3 Å². The molecule has 2 aromatic carbocycles. The van der Waals surface area contributed by atoms with Crippen LogP contribution in [0.2, 0.25) is 0 Å². The van der Waals surface area contributed by atoms with Crippen molar-refractivity contribution in [3.05, 3.63) is 48.0 Å². The largest absolute Gasteiger partial charge is 0.508 e. The molecule has 2 aliphatic heterocycles. The number of ether oxygens (including phenoxy) is 2. The molecule has 2 aromatic rings. The highest BCUT2D eigenvalue weighted by Gasteiger charge is 2.21. The zero-order valence-corrected chi connectivity index (χ0v) is 16.7. The SMILES string of the molecule is CN(Cc1ccc2c(c1)OCCO2)C(=O)CN1CCN(c2ccc(O)cc2)CC1. The average Bonchev–Trinajstić information content (AvgIpc) is 2.75. The number of benzene rings is 2. The first-order valence-electron chi connectivity index (χ1n) is 9.97. The number of hydrogen-bond acceptors (Lipinski definition) is 6. The van der Waals surface area contributed by atoms with Crippen molar-refractivity contribution in [1.82, 2.24) is 9.80 Å². The van der Waals surface area contributed by atoms with Gasteiger partial charge in [0.1, 0.15) is 19.0 Å². The number of carbonyl (C=O) groups excluding carboxylic acids is 1. The van der Waals surface area contributed by atoms with E-state index < -0.39 is 0 Å². The summed E-state index contributed by atoms with van der Waals surface area (Å²) in [5.74, 6) is 1.90. The van der Waals surface area contributed by atoms with Crippen LogP contribution in [0.1, 0.15) is 5.56 Å². The summed E-state index contributed by atoms with van der Waals surface area (Å²) < 4.78 is 11.2. The molecule has 0 aliphatic carbocycles. The van der Waals surface area contributed by atoms with Gasteiger partial charge in [0.25, 0.3) is 0 Å². The number of likely N-dealkylation sites (N-methyl/N-ethyl adjacent to an activating group) is 1. The van der Waals surface area contributed by atoms with Crippen LogP contribution in [0.25, 0.3) is 0 Å². The van der Waals surface area contributed by atoms with Crippen LogP contribution in [0, 0.1) is 0 Å². The number of amides is 1. The van der Waals surface area contributed by atoms with Crippen LogP contribution < -0.4 is 14.4 Å². The summed E-state index contributed by atoms with van der Waals surface area (Å²) in [6.45, 7) is 5.50. The Morgan fingerprint density at radius 2 is 1.69 bits per heavy atom. The molecule has 1 saturated heterocycles. The number of hydrogen-bond donors (Lipinski definition) is 1. The van der Waals surface area contributed by atoms with Gasteiger partial charge in [-0.2, -0.15) is 0 Å². The number of nitrogens with zero attached hydrogens (tertiary/aromatic N) is 3. The molecule has 7 nitrogen and oxygen atoms in total. The predicted octanol–water partition coefficient (Wildman–Crippen LogP) is 1.94. The number of phenolic OH excluding ortho intramolecular Hbond substituents is 1. The third-order valence-electron chi connectivity index (χ3n) is 5.40. The zero-order valence-electron chi connectivity index (χ0n) is 16.7. The Hall–Kier alpha value is -2.93. The molecule has 2 heterocycles. The maximum atomic E-state index is 12.7. The first-order valence-corrected chi connectivity index (χ1v) is 9.97. The fourth-order valence-electron chi connectivity index (χ4n) is 3.69. The lowest BCUT2D eigenvalue weighted by Crippen LogP contribution is -2.49. The molecule has 1 fully saturated rings. The fourth-order valence-corrected chi connectivity index (χ4v) is 3.69. The molecule has 0 unspecified atom stereocenters. The van der Waals surface area contributed by atoms with Gasteiger partial charge in [-0.05, 0) is 42.0 Å². The second kappa shape index (κ2) is 8.61. The van der Waals surface area contributed by atoms with Crippen LogP contribution in [0.5, 0.6) is 17.2 Å². The normalized spacial score (nSPS) is 16.5. The molecule has 0 saturated carbocycles. The molecule has 154 valence electrons. The Morgan fingerprint density at radius 3 is 2.41 bits per heavy atom. The van der Waals surface area contributed by atoms with Crippen LogP contribution in [-0.4, -0.2) is 73.8 Å². The summed E-state index contributed by atoms with van der Waals surface area (Å²) in [6.07, 6.45) is 0. The molecule has 7 heteroatoms. The van der Waals surface area contributed by atoms with Gasteiger partial charge in [0, 0.05) is 45.5 Å². The summed E-state index contributed by atoms with van der Waals surface area (Å²) in [4.78, 5) is 18.9. The van der Waals surface area contributed by atoms with Crippen LogP contribution >= 0.6 is 0 Å². The van der Waals surface area contributed by atoms with Crippen molar-refractivity contribution >= 4 is 11.6 Å². The quantitative estimate of drug-likeness (QED) is 0.832. The molecule has 0 atom stereocenters. The van der Waals surface area contributed by atoms with Crippen molar-refractivity contribution in [2.75, 3.05) is 57.9 Å². The van der Waals surface area contributed by atoms with Crippen LogP contribution in [0.15, 0.2) is 42.5 Å². The van der Waals surface area contributed by atoms with Gasteiger partial charge in [0.2, 0.25) is 5.91 Å². The topological polar surface area (TPSA) is 65.5 Å². The predicted molar refractivity (Wildman–Crippen MR) is 111 cm³/mol. The standard InChI is InChI=1S/C22H27N3O4/c1-23(15-17-2-7-20-21(14-17)29-13-12-28-20)22(27)16-24-8-10-25(11-9-24)18-3-5-19(26)6-4-18/h2-7,14,26H,8-13,15-16H2,1H3. The van der Waals surface area contributed by atoms with E-state index in [1.54, 1.807) is 17.0 Å².